The molecule has 0 saturated heterocycles. The van der Waals surface area contributed by atoms with Crippen molar-refractivity contribution in [3.8, 4) is 11.5 Å². The zero-order valence-electron chi connectivity index (χ0n) is 49.9. The SMILES string of the molecule is CC(C)(C)[PH+](C(C)(C)C)C(C)(C)C.CC(C)(C)[PH+](C(C)(C)C)C(C)(C)C.COc1ccc(Br)c(C)c1.COc1ccc(Nc2ccc(C)cc2C)c(C)c1.Cc1ccc(N)c(C)c1.Cc1ccccc1.[Pd]. The Balaban J connectivity index is 0. The van der Waals surface area contributed by atoms with Gasteiger partial charge in [0, 0.05) is 57.8 Å². The number of nitrogens with two attached hydrogens (primary N) is 1. The largest absolute Gasteiger partial charge is 0.497 e. The summed E-state index contributed by atoms with van der Waals surface area (Å²) in [6.45, 7) is 57.7. The zero-order valence-corrected chi connectivity index (χ0v) is 55.0. The molecule has 0 bridgehead atoms. The Bertz CT molecular complexity index is 2180. The molecule has 0 atom stereocenters. The van der Waals surface area contributed by atoms with Crippen LogP contribution in [-0.2, 0) is 20.4 Å². The van der Waals surface area contributed by atoms with Crippen molar-refractivity contribution in [3.63, 3.8) is 0 Å². The van der Waals surface area contributed by atoms with Crippen LogP contribution in [0.2, 0.25) is 0 Å². The summed E-state index contributed by atoms with van der Waals surface area (Å²) < 4.78 is 11.4. The van der Waals surface area contributed by atoms with Gasteiger partial charge in [-0.2, -0.15) is 0 Å². The molecule has 5 aromatic carbocycles. The third kappa shape index (κ3) is 28.0. The third-order valence-corrected chi connectivity index (χ3v) is 21.2. The van der Waals surface area contributed by atoms with E-state index >= 15 is 0 Å². The van der Waals surface area contributed by atoms with Crippen LogP contribution in [0.5, 0.6) is 11.5 Å². The summed E-state index contributed by atoms with van der Waals surface area (Å²) in [7, 11) is 2.57. The standard InChI is InChI=1S/C16H19NO.2C12H27P.C8H9BrO.C8H11N.C7H8.Pd/c1-11-5-7-15(12(2)9-11)17-16-8-6-14(18-4)10-13(16)3;2*1-10(2,3)13(11(4,5)6)12(7,8)9;1-6-5-7(10-2)3-4-8(6)9;1-6-3-4-8(9)7(2)5-6;1-7-5-3-2-4-6-7;/h5-10,17H,1-4H3;2*1-9H3;3-5H,1-2H3;3-5H,9H2,1-2H3;2-6H,1H3;/p+2. The van der Waals surface area contributed by atoms with Crippen LogP contribution in [0.4, 0.5) is 17.1 Å². The molecule has 0 aliphatic carbocycles. The Morgan fingerprint density at radius 3 is 0.986 bits per heavy atom. The van der Waals surface area contributed by atoms with E-state index in [1.165, 1.54) is 33.4 Å². The van der Waals surface area contributed by atoms with Crippen LogP contribution in [-0.4, -0.2) is 45.2 Å². The van der Waals surface area contributed by atoms with E-state index in [2.05, 4.69) is 217 Å². The molecule has 5 aromatic rings. The van der Waals surface area contributed by atoms with E-state index in [0.29, 0.717) is 30.9 Å². The first-order valence-corrected chi connectivity index (χ1v) is 28.9. The predicted molar refractivity (Wildman–Crippen MR) is 329 cm³/mol. The van der Waals surface area contributed by atoms with Gasteiger partial charge in [0.2, 0.25) is 0 Å². The maximum absolute atomic E-state index is 5.59. The van der Waals surface area contributed by atoms with Crippen molar-refractivity contribution in [1.82, 2.24) is 0 Å². The first-order chi connectivity index (χ1) is 31.7. The summed E-state index contributed by atoms with van der Waals surface area (Å²) in [6.07, 6.45) is 0. The average molecular weight is 1170 g/mol. The summed E-state index contributed by atoms with van der Waals surface area (Å²) in [5.74, 6) is 1.79. The second-order valence-corrected chi connectivity index (χ2v) is 36.4. The molecule has 0 aliphatic heterocycles. The molecule has 4 nitrogen and oxygen atoms in total. The summed E-state index contributed by atoms with van der Waals surface area (Å²) in [4.78, 5) is 0. The molecule has 0 radical (unpaired) electrons. The van der Waals surface area contributed by atoms with Gasteiger partial charge in [0.15, 0.2) is 0 Å². The van der Waals surface area contributed by atoms with Crippen LogP contribution in [0.25, 0.3) is 0 Å². The first-order valence-electron chi connectivity index (χ1n) is 25.1. The first kappa shape index (κ1) is 70.4. The maximum atomic E-state index is 5.59. The van der Waals surface area contributed by atoms with Crippen molar-refractivity contribution in [1.29, 1.82) is 0 Å². The van der Waals surface area contributed by atoms with Crippen molar-refractivity contribution in [2.45, 2.75) is 204 Å². The smallest absolute Gasteiger partial charge is 0.119 e. The number of benzene rings is 5. The summed E-state index contributed by atoms with van der Waals surface area (Å²) in [5.41, 5.74) is 17.4. The van der Waals surface area contributed by atoms with Crippen molar-refractivity contribution in [2.24, 2.45) is 0 Å². The zero-order chi connectivity index (χ0) is 54.8. The maximum Gasteiger partial charge on any atom is 0.119 e. The molecule has 0 fully saturated rings. The number of hydrogen-bond acceptors (Lipinski definition) is 4. The minimum atomic E-state index is -0.391. The van der Waals surface area contributed by atoms with Gasteiger partial charge in [-0.15, -0.1) is 0 Å². The Labute approximate surface area is 462 Å². The molecular formula is C63H103BrN2O2P2Pd+2. The predicted octanol–water partition coefficient (Wildman–Crippen LogP) is 20.2. The van der Waals surface area contributed by atoms with Crippen molar-refractivity contribution in [2.75, 3.05) is 25.3 Å². The molecular weight excluding hydrogens is 1060 g/mol. The van der Waals surface area contributed by atoms with Gasteiger partial charge >= 0.3 is 0 Å². The Hall–Kier alpha value is -2.70. The van der Waals surface area contributed by atoms with E-state index in [9.17, 15) is 0 Å². The van der Waals surface area contributed by atoms with Gasteiger partial charge in [0.1, 0.15) is 11.5 Å². The van der Waals surface area contributed by atoms with Gasteiger partial charge in [-0.3, -0.25) is 0 Å². The van der Waals surface area contributed by atoms with Crippen LogP contribution in [0, 0.1) is 48.5 Å². The van der Waals surface area contributed by atoms with Gasteiger partial charge in [0.05, 0.1) is 45.2 Å². The van der Waals surface area contributed by atoms with Gasteiger partial charge in [-0.25, -0.2) is 0 Å². The van der Waals surface area contributed by atoms with E-state index in [0.717, 1.165) is 38.6 Å². The number of methoxy groups -OCH3 is 2. The van der Waals surface area contributed by atoms with E-state index < -0.39 is 15.8 Å². The van der Waals surface area contributed by atoms with Gasteiger partial charge in [0.25, 0.3) is 0 Å². The molecule has 0 aromatic heterocycles. The van der Waals surface area contributed by atoms with Crippen molar-refractivity contribution in [3.05, 3.63) is 147 Å². The second-order valence-electron chi connectivity index (χ2n) is 25.0. The second kappa shape index (κ2) is 30.6. The summed E-state index contributed by atoms with van der Waals surface area (Å²) >= 11 is 3.40. The van der Waals surface area contributed by atoms with Crippen molar-refractivity contribution < 1.29 is 29.9 Å². The molecule has 0 amide bonds. The van der Waals surface area contributed by atoms with Crippen LogP contribution >= 0.6 is 31.8 Å². The molecule has 0 unspecified atom stereocenters. The molecule has 402 valence electrons. The number of hydrogen-bond donors (Lipinski definition) is 2. The minimum absolute atomic E-state index is 0. The average Bonchev–Trinajstić information content (AvgIpc) is 3.17. The van der Waals surface area contributed by atoms with Crippen LogP contribution < -0.4 is 20.5 Å². The molecule has 0 aliphatic rings. The fourth-order valence-electron chi connectivity index (χ4n) is 10.9. The molecule has 5 rings (SSSR count). The summed E-state index contributed by atoms with van der Waals surface area (Å²) in [5, 5.41) is 6.39. The monoisotopic (exact) mass is 1170 g/mol. The third-order valence-electron chi connectivity index (χ3n) is 11.3. The normalized spacial score (nSPS) is 11.6. The topological polar surface area (TPSA) is 56.5 Å². The van der Waals surface area contributed by atoms with Crippen LogP contribution in [0.15, 0.2) is 108 Å². The Morgan fingerprint density at radius 2 is 0.718 bits per heavy atom. The van der Waals surface area contributed by atoms with Gasteiger partial charge in [-0.05, 0) is 244 Å². The van der Waals surface area contributed by atoms with Crippen LogP contribution in [0.3, 0.4) is 0 Å². The molecule has 71 heavy (non-hydrogen) atoms. The molecule has 0 saturated carbocycles. The van der Waals surface area contributed by atoms with Crippen LogP contribution in [0.1, 0.15) is 164 Å². The molecule has 0 spiro atoms. The van der Waals surface area contributed by atoms with E-state index in [4.69, 9.17) is 15.2 Å². The minimum Gasteiger partial charge on any atom is -0.497 e. The number of aryl methyl sites for hydroxylation is 7. The van der Waals surface area contributed by atoms with E-state index in [1.54, 1.807) is 14.2 Å². The Morgan fingerprint density at radius 1 is 0.394 bits per heavy atom. The number of ether oxygens (including phenoxy) is 2. The number of anilines is 3. The molecule has 0 heterocycles. The Kier molecular flexibility index (Phi) is 30.3. The number of rotatable bonds is 4. The number of nitrogen functional groups attached to an aromatic ring is 1. The molecule has 3 N–H and O–H groups in total. The fraction of sp³-hybridized carbons (Fsp3) is 0.524. The van der Waals surface area contributed by atoms with E-state index in [1.807, 2.05) is 80.6 Å². The number of halogens is 1. The number of nitrogens with one attached hydrogen (secondary N) is 1. The van der Waals surface area contributed by atoms with Gasteiger partial charge in [-0.1, -0.05) is 87.2 Å². The fourth-order valence-corrected chi connectivity index (χ4v) is 24.6. The van der Waals surface area contributed by atoms with Gasteiger partial charge < -0.3 is 20.5 Å². The molecule has 8 heteroatoms. The quantitative estimate of drug-likeness (QED) is 0.107. The van der Waals surface area contributed by atoms with Crippen molar-refractivity contribution >= 4 is 48.8 Å². The van der Waals surface area contributed by atoms with E-state index in [-0.39, 0.29) is 20.4 Å². The summed E-state index contributed by atoms with van der Waals surface area (Å²) in [6, 6.07) is 34.7.